The van der Waals surface area contributed by atoms with Gasteiger partial charge in [0.2, 0.25) is 5.91 Å². The number of ether oxygens (including phenoxy) is 1. The fraction of sp³-hybridized carbons (Fsp3) is 0.381. The summed E-state index contributed by atoms with van der Waals surface area (Å²) in [5.74, 6) is -0.135. The molecule has 1 N–H and O–H groups in total. The SMILES string of the molecule is CC(=O)NCC1CN(c2c[c-]c(N3CC[CH-]CC3)[c-]c2)C(=O)O1.[U].[V].[W+2].[c-]1ccco1. The summed E-state index contributed by atoms with van der Waals surface area (Å²) in [6.45, 7) is 4.15. The van der Waals surface area contributed by atoms with E-state index in [1.807, 2.05) is 0 Å². The molecule has 4 rings (SSSR count). The summed E-state index contributed by atoms with van der Waals surface area (Å²) in [4.78, 5) is 26.7. The van der Waals surface area contributed by atoms with Crippen LogP contribution in [0.3, 0.4) is 0 Å². The first-order valence-electron chi connectivity index (χ1n) is 9.25. The summed E-state index contributed by atoms with van der Waals surface area (Å²) >= 11 is 0. The van der Waals surface area contributed by atoms with Crippen LogP contribution in [-0.2, 0) is 49.2 Å². The van der Waals surface area contributed by atoms with Crippen molar-refractivity contribution in [1.29, 1.82) is 0 Å². The van der Waals surface area contributed by atoms with E-state index in [0.717, 1.165) is 31.6 Å². The van der Waals surface area contributed by atoms with Crippen molar-refractivity contribution >= 4 is 23.4 Å². The van der Waals surface area contributed by atoms with Crippen molar-refractivity contribution in [2.75, 3.05) is 36.0 Å². The number of piperidine rings is 1. The number of hydrogen-bond acceptors (Lipinski definition) is 5. The van der Waals surface area contributed by atoms with Crippen LogP contribution in [0.5, 0.6) is 0 Å². The molecule has 3 heterocycles. The van der Waals surface area contributed by atoms with Gasteiger partial charge >= 0.3 is 27.2 Å². The zero-order valence-corrected chi connectivity index (χ0v) is 25.7. The first-order valence-corrected chi connectivity index (χ1v) is 9.25. The van der Waals surface area contributed by atoms with Gasteiger partial charge < -0.3 is 42.8 Å². The van der Waals surface area contributed by atoms with Crippen molar-refractivity contribution in [3.8, 4) is 0 Å². The van der Waals surface area contributed by atoms with E-state index in [9.17, 15) is 9.59 Å². The molecule has 7 nitrogen and oxygen atoms in total. The van der Waals surface area contributed by atoms with Gasteiger partial charge in [-0.3, -0.25) is 16.9 Å². The van der Waals surface area contributed by atoms with Crippen LogP contribution in [0.4, 0.5) is 16.2 Å². The molecule has 1 radical (unpaired) electrons. The second-order valence-electron chi connectivity index (χ2n) is 6.49. The van der Waals surface area contributed by atoms with Crippen molar-refractivity contribution in [3.63, 3.8) is 0 Å². The van der Waals surface area contributed by atoms with Crippen LogP contribution in [0.15, 0.2) is 34.9 Å². The predicted octanol–water partition coefficient (Wildman–Crippen LogP) is 2.63. The van der Waals surface area contributed by atoms with Crippen LogP contribution in [-0.4, -0.2) is 44.3 Å². The van der Waals surface area contributed by atoms with Crippen LogP contribution in [0.1, 0.15) is 19.8 Å². The molecule has 0 spiro atoms. The molecule has 1 unspecified atom stereocenters. The molecule has 1 aromatic carbocycles. The zero-order valence-electron chi connectivity index (χ0n) is 17.2. The molecule has 2 fully saturated rings. The molecule has 163 valence electrons. The van der Waals surface area contributed by atoms with E-state index in [0.29, 0.717) is 18.8 Å². The monoisotopic (exact) mass is 854 g/mol. The standard InChI is InChI=1S/C17H20N3O3.C4H3O.U.V.W/c1-13(21)18-11-16-12-20(17(22)23-16)15-7-5-14(6-8-15)19-9-3-2-4-10-19;1-2-4-5-3-1;;;/h2,7-8,16H,3-4,9-12H2,1H3,(H,18,21);1-3H;;;/q-3;-1;;;+2. The molecule has 2 aromatic rings. The van der Waals surface area contributed by atoms with Crippen LogP contribution >= 0.6 is 0 Å². The Morgan fingerprint density at radius 2 is 1.97 bits per heavy atom. The molecule has 2 aliphatic rings. The van der Waals surface area contributed by atoms with E-state index in [1.165, 1.54) is 6.92 Å². The maximum absolute atomic E-state index is 12.0. The van der Waals surface area contributed by atoms with Crippen LogP contribution in [0.2, 0.25) is 0 Å². The first kappa shape index (κ1) is 30.4. The number of carbonyl (C=O) groups excluding carboxylic acids is 2. The zero-order chi connectivity index (χ0) is 19.8. The maximum Gasteiger partial charge on any atom is 2.00 e. The number of nitrogens with zero attached hydrogens (tertiary/aromatic N) is 2. The van der Waals surface area contributed by atoms with Gasteiger partial charge in [-0.2, -0.15) is 24.6 Å². The van der Waals surface area contributed by atoms with Gasteiger partial charge in [0, 0.05) is 63.1 Å². The molecular formula is C21H23N3O4UVW-2. The van der Waals surface area contributed by atoms with Crippen LogP contribution in [0, 0.1) is 55.9 Å². The van der Waals surface area contributed by atoms with E-state index in [4.69, 9.17) is 4.74 Å². The minimum Gasteiger partial charge on any atom is -0.599 e. The molecule has 2 aliphatic heterocycles. The number of anilines is 2. The molecule has 1 atom stereocenters. The van der Waals surface area contributed by atoms with E-state index >= 15 is 0 Å². The maximum atomic E-state index is 12.0. The van der Waals surface area contributed by atoms with Crippen LogP contribution < -0.4 is 15.1 Å². The third kappa shape index (κ3) is 9.80. The number of hydrogen-bond donors (Lipinski definition) is 1. The van der Waals surface area contributed by atoms with Gasteiger partial charge in [0.05, 0.1) is 6.54 Å². The Kier molecular flexibility index (Phi) is 15.7. The fourth-order valence-corrected chi connectivity index (χ4v) is 2.97. The third-order valence-electron chi connectivity index (χ3n) is 4.38. The van der Waals surface area contributed by atoms with Gasteiger partial charge in [-0.15, -0.1) is 6.07 Å². The van der Waals surface area contributed by atoms with E-state index in [2.05, 4.69) is 39.5 Å². The second kappa shape index (κ2) is 16.1. The summed E-state index contributed by atoms with van der Waals surface area (Å²) < 4.78 is 9.71. The summed E-state index contributed by atoms with van der Waals surface area (Å²) in [5, 5.41) is 2.66. The van der Waals surface area contributed by atoms with Gasteiger partial charge in [-0.05, 0) is 19.4 Å². The fourth-order valence-electron chi connectivity index (χ4n) is 2.97. The summed E-state index contributed by atoms with van der Waals surface area (Å²) in [6, 6.07) is 13.5. The Bertz CT molecular complexity index is 741. The molecule has 2 amide bonds. The van der Waals surface area contributed by atoms with E-state index in [-0.39, 0.29) is 82.7 Å². The molecular weight excluding hydrogens is 831 g/mol. The molecule has 0 saturated carbocycles. The molecule has 1 aromatic heterocycles. The van der Waals surface area contributed by atoms with Gasteiger partial charge in [-0.1, -0.05) is 6.26 Å². The average Bonchev–Trinajstić information content (AvgIpc) is 3.41. The number of nitrogens with one attached hydrogen (secondary N) is 1. The number of furan rings is 1. The molecule has 10 heteroatoms. The third-order valence-corrected chi connectivity index (χ3v) is 4.38. The minimum atomic E-state index is -0.400. The molecule has 2 saturated heterocycles. The molecule has 0 aliphatic carbocycles. The van der Waals surface area contributed by atoms with Crippen molar-refractivity contribution < 1.29 is 89.5 Å². The summed E-state index contributed by atoms with van der Waals surface area (Å²) in [7, 11) is 0. The van der Waals surface area contributed by atoms with Gasteiger partial charge in [0.1, 0.15) is 6.10 Å². The van der Waals surface area contributed by atoms with Gasteiger partial charge in [0.25, 0.3) is 0 Å². The normalized spacial score (nSPS) is 17.1. The van der Waals surface area contributed by atoms with Gasteiger partial charge in [-0.25, -0.2) is 10.5 Å². The van der Waals surface area contributed by atoms with Crippen molar-refractivity contribution in [2.45, 2.75) is 25.9 Å². The van der Waals surface area contributed by atoms with Crippen molar-refractivity contribution in [1.82, 2.24) is 5.32 Å². The Morgan fingerprint density at radius 1 is 1.29 bits per heavy atom. The first-order chi connectivity index (χ1) is 13.6. The van der Waals surface area contributed by atoms with Crippen LogP contribution in [0.25, 0.3) is 0 Å². The number of cyclic esters (lactones) is 1. The molecule has 0 bridgehead atoms. The number of rotatable bonds is 4. The predicted molar refractivity (Wildman–Crippen MR) is 104 cm³/mol. The average molecular weight is 854 g/mol. The topological polar surface area (TPSA) is 75.0 Å². The summed E-state index contributed by atoms with van der Waals surface area (Å²) in [6.07, 6.45) is 7.77. The van der Waals surface area contributed by atoms with Crippen molar-refractivity contribution in [2.24, 2.45) is 0 Å². The molecule has 31 heavy (non-hydrogen) atoms. The minimum absolute atomic E-state index is 0. The van der Waals surface area contributed by atoms with E-state index in [1.54, 1.807) is 35.4 Å². The number of benzene rings is 1. The Balaban J connectivity index is 0.000000995. The quantitative estimate of drug-likeness (QED) is 0.480. The summed E-state index contributed by atoms with van der Waals surface area (Å²) in [5.41, 5.74) is 1.65. The van der Waals surface area contributed by atoms with Crippen molar-refractivity contribution in [3.05, 3.63) is 55.3 Å². The Labute approximate surface area is 233 Å². The largest absolute Gasteiger partial charge is 2.00 e. The second-order valence-corrected chi connectivity index (χ2v) is 6.49. The number of carbonyl (C=O) groups is 2. The Hall–Kier alpha value is -0.635. The van der Waals surface area contributed by atoms with Gasteiger partial charge in [0.15, 0.2) is 0 Å². The van der Waals surface area contributed by atoms with E-state index < -0.39 is 6.09 Å². The smallest absolute Gasteiger partial charge is 0.599 e. The number of amides is 2. The Morgan fingerprint density at radius 3 is 2.48 bits per heavy atom.